The van der Waals surface area contributed by atoms with Crippen LogP contribution in [0.25, 0.3) is 0 Å². The highest BCUT2D eigenvalue weighted by Crippen LogP contribution is 2.07. The van der Waals surface area contributed by atoms with E-state index in [2.05, 4.69) is 5.32 Å². The lowest BCUT2D eigenvalue weighted by atomic mass is 10.2. The molecule has 2 N–H and O–H groups in total. The molecule has 1 saturated heterocycles. The SMILES string of the molecule is CSCCCCNC(=O)N1CCOCC1C(=O)O. The Morgan fingerprint density at radius 2 is 2.28 bits per heavy atom. The number of hydrogen-bond acceptors (Lipinski definition) is 4. The molecule has 2 amide bonds. The monoisotopic (exact) mass is 276 g/mol. The Morgan fingerprint density at radius 3 is 2.94 bits per heavy atom. The molecule has 7 heteroatoms. The quantitative estimate of drug-likeness (QED) is 0.695. The summed E-state index contributed by atoms with van der Waals surface area (Å²) in [5.74, 6) is 0.0535. The van der Waals surface area contributed by atoms with Gasteiger partial charge in [0.1, 0.15) is 0 Å². The van der Waals surface area contributed by atoms with E-state index in [4.69, 9.17) is 9.84 Å². The molecule has 1 atom stereocenters. The zero-order valence-corrected chi connectivity index (χ0v) is 11.4. The van der Waals surface area contributed by atoms with Gasteiger partial charge in [0, 0.05) is 13.1 Å². The van der Waals surface area contributed by atoms with Crippen molar-refractivity contribution in [1.29, 1.82) is 0 Å². The molecule has 1 aliphatic rings. The normalized spacial score (nSPS) is 19.6. The fraction of sp³-hybridized carbons (Fsp3) is 0.818. The van der Waals surface area contributed by atoms with E-state index < -0.39 is 12.0 Å². The van der Waals surface area contributed by atoms with Crippen molar-refractivity contribution in [3.63, 3.8) is 0 Å². The van der Waals surface area contributed by atoms with Crippen molar-refractivity contribution in [3.8, 4) is 0 Å². The standard InChI is InChI=1S/C11H20N2O4S/c1-18-7-3-2-4-12-11(16)13-5-6-17-8-9(13)10(14)15/h9H,2-8H2,1H3,(H,12,16)(H,14,15). The number of amides is 2. The lowest BCUT2D eigenvalue weighted by Gasteiger charge is -2.32. The van der Waals surface area contributed by atoms with Gasteiger partial charge in [-0.2, -0.15) is 11.8 Å². The van der Waals surface area contributed by atoms with Crippen LogP contribution in [0.4, 0.5) is 4.79 Å². The second-order valence-corrected chi connectivity index (χ2v) is 5.04. The molecule has 0 saturated carbocycles. The van der Waals surface area contributed by atoms with Gasteiger partial charge < -0.3 is 20.1 Å². The number of carboxylic acid groups (broad SMARTS) is 1. The zero-order valence-electron chi connectivity index (χ0n) is 10.6. The first-order valence-electron chi connectivity index (χ1n) is 6.00. The number of carboxylic acids is 1. The molecule has 1 heterocycles. The molecule has 0 aromatic carbocycles. The van der Waals surface area contributed by atoms with Gasteiger partial charge in [0.05, 0.1) is 13.2 Å². The van der Waals surface area contributed by atoms with E-state index in [1.165, 1.54) is 4.90 Å². The second kappa shape index (κ2) is 8.20. The molecular formula is C11H20N2O4S. The van der Waals surface area contributed by atoms with Crippen LogP contribution in [0.3, 0.4) is 0 Å². The third-order valence-electron chi connectivity index (χ3n) is 2.73. The van der Waals surface area contributed by atoms with Crippen LogP contribution in [0, 0.1) is 0 Å². The molecular weight excluding hydrogens is 256 g/mol. The number of urea groups is 1. The topological polar surface area (TPSA) is 78.9 Å². The first kappa shape index (κ1) is 15.1. The number of carbonyl (C=O) groups is 2. The minimum Gasteiger partial charge on any atom is -0.480 e. The van der Waals surface area contributed by atoms with Gasteiger partial charge in [0.25, 0.3) is 0 Å². The number of ether oxygens (including phenoxy) is 1. The summed E-state index contributed by atoms with van der Waals surface area (Å²) in [5.41, 5.74) is 0. The summed E-state index contributed by atoms with van der Waals surface area (Å²) in [5, 5.41) is 11.7. The fourth-order valence-corrected chi connectivity index (χ4v) is 2.21. The van der Waals surface area contributed by atoms with Crippen molar-refractivity contribution in [2.24, 2.45) is 0 Å². The van der Waals surface area contributed by atoms with Crippen molar-refractivity contribution < 1.29 is 19.4 Å². The van der Waals surface area contributed by atoms with Crippen LogP contribution in [0.15, 0.2) is 0 Å². The van der Waals surface area contributed by atoms with Crippen LogP contribution in [-0.2, 0) is 9.53 Å². The second-order valence-electron chi connectivity index (χ2n) is 4.05. The van der Waals surface area contributed by atoms with E-state index in [1.807, 2.05) is 6.26 Å². The maximum absolute atomic E-state index is 11.8. The average Bonchev–Trinajstić information content (AvgIpc) is 2.38. The molecule has 0 aromatic heterocycles. The number of nitrogens with one attached hydrogen (secondary N) is 1. The first-order chi connectivity index (χ1) is 8.66. The van der Waals surface area contributed by atoms with Gasteiger partial charge in [-0.25, -0.2) is 9.59 Å². The summed E-state index contributed by atoms with van der Waals surface area (Å²) in [4.78, 5) is 24.2. The van der Waals surface area contributed by atoms with Gasteiger partial charge in [-0.15, -0.1) is 0 Å². The summed E-state index contributed by atoms with van der Waals surface area (Å²) < 4.78 is 5.08. The van der Waals surface area contributed by atoms with Crippen molar-refractivity contribution in [2.45, 2.75) is 18.9 Å². The van der Waals surface area contributed by atoms with E-state index in [0.717, 1.165) is 18.6 Å². The Morgan fingerprint density at radius 1 is 1.50 bits per heavy atom. The smallest absolute Gasteiger partial charge is 0.328 e. The van der Waals surface area contributed by atoms with Gasteiger partial charge >= 0.3 is 12.0 Å². The van der Waals surface area contributed by atoms with E-state index in [9.17, 15) is 9.59 Å². The number of nitrogens with zero attached hydrogens (tertiary/aromatic N) is 1. The highest BCUT2D eigenvalue weighted by atomic mass is 32.2. The predicted molar refractivity (Wildman–Crippen MR) is 70.0 cm³/mol. The van der Waals surface area contributed by atoms with Crippen LogP contribution in [0.2, 0.25) is 0 Å². The number of carbonyl (C=O) groups excluding carboxylic acids is 1. The zero-order chi connectivity index (χ0) is 13.4. The van der Waals surface area contributed by atoms with Crippen LogP contribution in [0.5, 0.6) is 0 Å². The summed E-state index contributed by atoms with van der Waals surface area (Å²) in [6.07, 6.45) is 4.01. The van der Waals surface area contributed by atoms with E-state index in [0.29, 0.717) is 19.7 Å². The third kappa shape index (κ3) is 4.73. The average molecular weight is 276 g/mol. The van der Waals surface area contributed by atoms with Crippen LogP contribution in [0.1, 0.15) is 12.8 Å². The van der Waals surface area contributed by atoms with Crippen LogP contribution in [-0.4, -0.2) is 66.4 Å². The molecule has 1 unspecified atom stereocenters. The minimum atomic E-state index is -1.02. The first-order valence-corrected chi connectivity index (χ1v) is 7.40. The lowest BCUT2D eigenvalue weighted by Crippen LogP contribution is -2.55. The van der Waals surface area contributed by atoms with Crippen molar-refractivity contribution in [2.75, 3.05) is 38.3 Å². The molecule has 0 radical (unpaired) electrons. The lowest BCUT2D eigenvalue weighted by molar-refractivity contribution is -0.147. The molecule has 0 aliphatic carbocycles. The Hall–Kier alpha value is -0.950. The molecule has 104 valence electrons. The van der Waals surface area contributed by atoms with E-state index in [1.54, 1.807) is 11.8 Å². The van der Waals surface area contributed by atoms with Gasteiger partial charge in [-0.05, 0) is 24.9 Å². The molecule has 1 aliphatic heterocycles. The molecule has 1 rings (SSSR count). The number of rotatable bonds is 6. The molecule has 0 aromatic rings. The van der Waals surface area contributed by atoms with E-state index >= 15 is 0 Å². The Labute approximate surface area is 111 Å². The molecule has 18 heavy (non-hydrogen) atoms. The van der Waals surface area contributed by atoms with E-state index in [-0.39, 0.29) is 12.6 Å². The molecule has 0 bridgehead atoms. The third-order valence-corrected chi connectivity index (χ3v) is 3.42. The number of thioether (sulfide) groups is 1. The Bertz CT molecular complexity index is 288. The van der Waals surface area contributed by atoms with Gasteiger partial charge in [-0.1, -0.05) is 0 Å². The van der Waals surface area contributed by atoms with Gasteiger partial charge in [-0.3, -0.25) is 0 Å². The Kier molecular flexibility index (Phi) is 6.89. The summed E-state index contributed by atoms with van der Waals surface area (Å²) in [6.45, 7) is 1.37. The van der Waals surface area contributed by atoms with Gasteiger partial charge in [0.15, 0.2) is 6.04 Å². The van der Waals surface area contributed by atoms with Crippen molar-refractivity contribution in [3.05, 3.63) is 0 Å². The highest BCUT2D eigenvalue weighted by molar-refractivity contribution is 7.98. The summed E-state index contributed by atoms with van der Waals surface area (Å²) in [6, 6.07) is -1.18. The largest absolute Gasteiger partial charge is 0.480 e. The summed E-state index contributed by atoms with van der Waals surface area (Å²) in [7, 11) is 0. The molecule has 6 nitrogen and oxygen atoms in total. The molecule has 1 fully saturated rings. The molecule has 0 spiro atoms. The van der Waals surface area contributed by atoms with Crippen molar-refractivity contribution >= 4 is 23.8 Å². The number of aliphatic carboxylic acids is 1. The maximum atomic E-state index is 11.8. The summed E-state index contributed by atoms with van der Waals surface area (Å²) >= 11 is 1.78. The fourth-order valence-electron chi connectivity index (χ4n) is 1.72. The van der Waals surface area contributed by atoms with Gasteiger partial charge in [0.2, 0.25) is 0 Å². The number of morpholine rings is 1. The van der Waals surface area contributed by atoms with Crippen LogP contribution < -0.4 is 5.32 Å². The van der Waals surface area contributed by atoms with Crippen LogP contribution >= 0.6 is 11.8 Å². The predicted octanol–water partition coefficient (Wildman–Crippen LogP) is 0.625. The van der Waals surface area contributed by atoms with Crippen molar-refractivity contribution in [1.82, 2.24) is 10.2 Å². The number of unbranched alkanes of at least 4 members (excludes halogenated alkanes) is 1. The Balaban J connectivity index is 2.32. The highest BCUT2D eigenvalue weighted by Gasteiger charge is 2.32. The number of hydrogen-bond donors (Lipinski definition) is 2. The minimum absolute atomic E-state index is 0.0647. The maximum Gasteiger partial charge on any atom is 0.328 e.